The quantitative estimate of drug-likeness (QED) is 0.658. The van der Waals surface area contributed by atoms with Gasteiger partial charge in [0.25, 0.3) is 15.9 Å². The first-order valence-electron chi connectivity index (χ1n) is 7.11. The highest BCUT2D eigenvalue weighted by Gasteiger charge is 2.30. The smallest absolute Gasteiger partial charge is 0.285 e. The molecule has 1 aliphatic rings. The number of hydrogen-bond acceptors (Lipinski definition) is 5. The number of benzene rings is 2. The van der Waals surface area contributed by atoms with Gasteiger partial charge in [-0.1, -0.05) is 18.2 Å². The average molecular weight is 360 g/mol. The second-order valence-electron chi connectivity index (χ2n) is 5.26. The summed E-state index contributed by atoms with van der Waals surface area (Å²) >= 11 is 0. The lowest BCUT2D eigenvalue weighted by molar-refractivity contribution is 0.0996. The van der Waals surface area contributed by atoms with Crippen LogP contribution in [-0.2, 0) is 10.0 Å². The molecule has 0 radical (unpaired) electrons. The van der Waals surface area contributed by atoms with Crippen molar-refractivity contribution in [2.45, 2.75) is 4.90 Å². The minimum absolute atomic E-state index is 0.116. The Morgan fingerprint density at radius 3 is 2.72 bits per heavy atom. The minimum atomic E-state index is -3.74. The zero-order chi connectivity index (χ0) is 18.2. The summed E-state index contributed by atoms with van der Waals surface area (Å²) in [6.45, 7) is 0. The highest BCUT2D eigenvalue weighted by Crippen LogP contribution is 2.26. The number of hydrogen-bond donors (Lipinski definition) is 1. The van der Waals surface area contributed by atoms with E-state index >= 15 is 0 Å². The van der Waals surface area contributed by atoms with Crippen LogP contribution in [0.1, 0.15) is 21.5 Å². The lowest BCUT2D eigenvalue weighted by Gasteiger charge is -2.12. The minimum Gasteiger partial charge on any atom is -0.366 e. The highest BCUT2D eigenvalue weighted by molar-refractivity contribution is 7.90. The number of hydrazone groups is 1. The van der Waals surface area contributed by atoms with Crippen LogP contribution in [-0.4, -0.2) is 38.4 Å². The summed E-state index contributed by atoms with van der Waals surface area (Å²) in [7, 11) is -2.21. The van der Waals surface area contributed by atoms with Gasteiger partial charge in [-0.2, -0.15) is 13.5 Å². The summed E-state index contributed by atoms with van der Waals surface area (Å²) in [5, 5.41) is 5.40. The maximum absolute atomic E-state index is 13.5. The molecular weight excluding hydrogens is 347 g/mol. The molecule has 0 fully saturated rings. The maximum Gasteiger partial charge on any atom is 0.285 e. The number of primary amides is 1. The van der Waals surface area contributed by atoms with Crippen molar-refractivity contribution in [1.29, 1.82) is 0 Å². The molecule has 3 rings (SSSR count). The molecule has 1 aliphatic heterocycles. The fraction of sp³-hybridized carbons (Fsp3) is 0.0625. The summed E-state index contributed by atoms with van der Waals surface area (Å²) in [5.74, 6) is -1.44. The molecular formula is C16H13FN4O3S. The molecule has 2 aromatic rings. The molecule has 0 saturated heterocycles. The molecule has 9 heteroatoms. The zero-order valence-electron chi connectivity index (χ0n) is 13.0. The van der Waals surface area contributed by atoms with Gasteiger partial charge < -0.3 is 5.73 Å². The van der Waals surface area contributed by atoms with Gasteiger partial charge in [0, 0.05) is 12.6 Å². The largest absolute Gasteiger partial charge is 0.366 e. The fourth-order valence-electron chi connectivity index (χ4n) is 2.34. The molecule has 25 heavy (non-hydrogen) atoms. The van der Waals surface area contributed by atoms with Gasteiger partial charge in [-0.3, -0.25) is 4.79 Å². The van der Waals surface area contributed by atoms with Crippen LogP contribution < -0.4 is 5.73 Å². The van der Waals surface area contributed by atoms with Crippen LogP contribution in [0.3, 0.4) is 0 Å². The number of fused-ring (bicyclic) bond motifs is 1. The summed E-state index contributed by atoms with van der Waals surface area (Å²) in [6, 6.07) is 10.2. The molecule has 0 spiro atoms. The number of carbonyl (C=O) groups excluding carboxylic acids is 1. The topological polar surface area (TPSA) is 105 Å². The lowest BCUT2D eigenvalue weighted by Crippen LogP contribution is -2.21. The summed E-state index contributed by atoms with van der Waals surface area (Å²) in [6.07, 6.45) is 1.35. The van der Waals surface area contributed by atoms with Crippen molar-refractivity contribution in [2.24, 2.45) is 15.2 Å². The van der Waals surface area contributed by atoms with Crippen molar-refractivity contribution in [1.82, 2.24) is 5.01 Å². The monoisotopic (exact) mass is 360 g/mol. The number of sulfonamides is 1. The van der Waals surface area contributed by atoms with Gasteiger partial charge in [0.05, 0.1) is 11.8 Å². The fourth-order valence-corrected chi connectivity index (χ4v) is 3.57. The molecule has 2 N–H and O–H groups in total. The van der Waals surface area contributed by atoms with Gasteiger partial charge in [-0.05, 0) is 29.8 Å². The average Bonchev–Trinajstić information content (AvgIpc) is 2.85. The van der Waals surface area contributed by atoms with Crippen molar-refractivity contribution >= 4 is 28.0 Å². The predicted octanol–water partition coefficient (Wildman–Crippen LogP) is 1.34. The van der Waals surface area contributed by atoms with E-state index < -0.39 is 21.7 Å². The van der Waals surface area contributed by atoms with Gasteiger partial charge >= 0.3 is 0 Å². The molecule has 1 amide bonds. The molecule has 1 heterocycles. The third-order valence-corrected chi connectivity index (χ3v) is 4.88. The first-order chi connectivity index (χ1) is 11.8. The lowest BCUT2D eigenvalue weighted by atomic mass is 10.1. The van der Waals surface area contributed by atoms with Gasteiger partial charge in [0.2, 0.25) is 0 Å². The second kappa shape index (κ2) is 6.10. The Balaban J connectivity index is 1.91. The van der Waals surface area contributed by atoms with E-state index in [-0.39, 0.29) is 16.3 Å². The van der Waals surface area contributed by atoms with Crippen molar-refractivity contribution in [3.8, 4) is 0 Å². The van der Waals surface area contributed by atoms with Crippen LogP contribution in [0.4, 0.5) is 4.39 Å². The van der Waals surface area contributed by atoms with Crippen LogP contribution in [0.25, 0.3) is 0 Å². The normalized spacial score (nSPS) is 15.0. The number of nitrogens with two attached hydrogens (primary N) is 1. The first-order valence-corrected chi connectivity index (χ1v) is 8.55. The molecule has 0 aromatic heterocycles. The molecule has 0 atom stereocenters. The van der Waals surface area contributed by atoms with E-state index in [9.17, 15) is 17.6 Å². The Labute approximate surface area is 143 Å². The molecule has 0 bridgehead atoms. The van der Waals surface area contributed by atoms with Gasteiger partial charge in [0.15, 0.2) is 5.84 Å². The molecule has 0 unspecified atom stereocenters. The Kier molecular flexibility index (Phi) is 4.09. The third kappa shape index (κ3) is 3.13. The van der Waals surface area contributed by atoms with E-state index in [2.05, 4.69) is 9.50 Å². The third-order valence-electron chi connectivity index (χ3n) is 3.55. The van der Waals surface area contributed by atoms with E-state index in [0.717, 1.165) is 6.07 Å². The van der Waals surface area contributed by atoms with Crippen LogP contribution >= 0.6 is 0 Å². The standard InChI is InChI=1S/C16H13FN4O3S/c1-21(16-11-4-2-3-5-14(11)25(23,24)20-16)19-9-10-6-7-13(17)12(8-10)15(18)22/h2-9H,1H3,(H2,18,22)/b19-9+. The molecule has 128 valence electrons. The predicted molar refractivity (Wildman–Crippen MR) is 90.4 cm³/mol. The zero-order valence-corrected chi connectivity index (χ0v) is 13.9. The van der Waals surface area contributed by atoms with Gasteiger partial charge in [-0.15, -0.1) is 4.40 Å². The van der Waals surface area contributed by atoms with Gasteiger partial charge in [-0.25, -0.2) is 9.40 Å². The van der Waals surface area contributed by atoms with Crippen molar-refractivity contribution in [3.63, 3.8) is 0 Å². The molecule has 0 aliphatic carbocycles. The van der Waals surface area contributed by atoms with E-state index in [1.54, 1.807) is 18.2 Å². The van der Waals surface area contributed by atoms with E-state index in [0.29, 0.717) is 11.1 Å². The molecule has 7 nitrogen and oxygen atoms in total. The second-order valence-corrected chi connectivity index (χ2v) is 6.83. The number of carbonyl (C=O) groups is 1. The van der Waals surface area contributed by atoms with Crippen LogP contribution in [0.2, 0.25) is 0 Å². The van der Waals surface area contributed by atoms with E-state index in [1.807, 2.05) is 0 Å². The Hall–Kier alpha value is -3.07. The molecule has 0 saturated carbocycles. The summed E-state index contributed by atoms with van der Waals surface area (Å²) < 4.78 is 41.3. The number of amidine groups is 1. The van der Waals surface area contributed by atoms with Crippen molar-refractivity contribution < 1.29 is 17.6 Å². The van der Waals surface area contributed by atoms with Crippen LogP contribution in [0, 0.1) is 5.82 Å². The van der Waals surface area contributed by atoms with E-state index in [1.165, 1.54) is 36.5 Å². The SMILES string of the molecule is CN(/N=C/c1ccc(F)c(C(N)=O)c1)C1=NS(=O)(=O)c2ccccc21. The Bertz CT molecular complexity index is 1030. The number of rotatable bonds is 3. The number of amides is 1. The number of nitrogens with zero attached hydrogens (tertiary/aromatic N) is 3. The Morgan fingerprint density at radius 1 is 1.28 bits per heavy atom. The first kappa shape index (κ1) is 16.8. The summed E-state index contributed by atoms with van der Waals surface area (Å²) in [5.41, 5.74) is 5.72. The van der Waals surface area contributed by atoms with Crippen molar-refractivity contribution in [2.75, 3.05) is 7.05 Å². The maximum atomic E-state index is 13.5. The van der Waals surface area contributed by atoms with Gasteiger partial charge in [0.1, 0.15) is 10.7 Å². The Morgan fingerprint density at radius 2 is 2.00 bits per heavy atom. The van der Waals surface area contributed by atoms with Crippen molar-refractivity contribution in [3.05, 3.63) is 65.0 Å². The van der Waals surface area contributed by atoms with Crippen LogP contribution in [0.5, 0.6) is 0 Å². The number of halogens is 1. The highest BCUT2D eigenvalue weighted by atomic mass is 32.2. The molecule has 2 aromatic carbocycles. The van der Waals surface area contributed by atoms with Crippen LogP contribution in [0.15, 0.2) is 56.9 Å². The van der Waals surface area contributed by atoms with E-state index in [4.69, 9.17) is 5.73 Å². The summed E-state index contributed by atoms with van der Waals surface area (Å²) in [4.78, 5) is 11.3.